The summed E-state index contributed by atoms with van der Waals surface area (Å²) in [4.78, 5) is 12.4. The molecule has 0 amide bonds. The fourth-order valence-corrected chi connectivity index (χ4v) is 2.54. The molecule has 0 spiro atoms. The highest BCUT2D eigenvalue weighted by Gasteiger charge is 2.20. The molecule has 0 bridgehead atoms. The third kappa shape index (κ3) is 2.90. The molecule has 0 aromatic heterocycles. The number of rotatable bonds is 4. The lowest BCUT2D eigenvalue weighted by molar-refractivity contribution is 0.103. The number of hydrogen-bond donors (Lipinski definition) is 0. The second-order valence-electron chi connectivity index (χ2n) is 4.12. The third-order valence-electron chi connectivity index (χ3n) is 2.91. The average molecular weight is 357 g/mol. The Labute approximate surface area is 128 Å². The van der Waals surface area contributed by atoms with Gasteiger partial charge in [-0.3, -0.25) is 4.79 Å². The van der Waals surface area contributed by atoms with Crippen LogP contribution in [0.25, 0.3) is 0 Å². The first-order valence-corrected chi connectivity index (χ1v) is 6.69. The zero-order chi connectivity index (χ0) is 15.6. The lowest BCUT2D eigenvalue weighted by Crippen LogP contribution is -2.06. The van der Waals surface area contributed by atoms with E-state index >= 15 is 0 Å². The maximum Gasteiger partial charge on any atom is 0.196 e. The van der Waals surface area contributed by atoms with Gasteiger partial charge in [0.2, 0.25) is 0 Å². The monoisotopic (exact) mass is 356 g/mol. The highest BCUT2D eigenvalue weighted by Crippen LogP contribution is 2.38. The largest absolute Gasteiger partial charge is 0.495 e. The van der Waals surface area contributed by atoms with Gasteiger partial charge in [-0.1, -0.05) is 0 Å². The Hall–Kier alpha value is -1.95. The van der Waals surface area contributed by atoms with Gasteiger partial charge in [-0.05, 0) is 46.3 Å². The molecule has 0 aliphatic rings. The van der Waals surface area contributed by atoms with Gasteiger partial charge in [0, 0.05) is 5.56 Å². The Kier molecular flexibility index (Phi) is 4.57. The van der Waals surface area contributed by atoms with Crippen molar-refractivity contribution in [2.45, 2.75) is 0 Å². The summed E-state index contributed by atoms with van der Waals surface area (Å²) in [6.45, 7) is 0. The van der Waals surface area contributed by atoms with Gasteiger partial charge in [-0.15, -0.1) is 0 Å². The van der Waals surface area contributed by atoms with E-state index in [0.717, 1.165) is 12.1 Å². The molecule has 0 saturated carbocycles. The smallest absolute Gasteiger partial charge is 0.196 e. The summed E-state index contributed by atoms with van der Waals surface area (Å²) < 4.78 is 37.0. The van der Waals surface area contributed by atoms with Gasteiger partial charge in [-0.2, -0.15) is 0 Å². The van der Waals surface area contributed by atoms with Crippen molar-refractivity contribution >= 4 is 21.7 Å². The number of methoxy groups -OCH3 is 2. The van der Waals surface area contributed by atoms with Crippen LogP contribution in [0.1, 0.15) is 15.9 Å². The minimum absolute atomic E-state index is 0.0317. The van der Waals surface area contributed by atoms with E-state index in [1.54, 1.807) is 6.07 Å². The Morgan fingerprint density at radius 1 is 1.05 bits per heavy atom. The average Bonchev–Trinajstić information content (AvgIpc) is 2.49. The van der Waals surface area contributed by atoms with Crippen LogP contribution in [0.5, 0.6) is 11.5 Å². The normalized spacial score (nSPS) is 10.3. The highest BCUT2D eigenvalue weighted by molar-refractivity contribution is 9.10. The number of ether oxygens (including phenoxy) is 2. The maximum atomic E-state index is 13.2. The molecule has 110 valence electrons. The van der Waals surface area contributed by atoms with Crippen LogP contribution in [0.15, 0.2) is 34.8 Å². The van der Waals surface area contributed by atoms with Gasteiger partial charge in [0.1, 0.15) is 16.0 Å². The number of ketones is 1. The molecule has 3 nitrogen and oxygen atoms in total. The molecule has 2 rings (SSSR count). The van der Waals surface area contributed by atoms with Gasteiger partial charge in [0.05, 0.1) is 19.8 Å². The predicted molar refractivity (Wildman–Crippen MR) is 77.0 cm³/mol. The Morgan fingerprint density at radius 3 is 2.33 bits per heavy atom. The molecule has 6 heteroatoms. The lowest BCUT2D eigenvalue weighted by Gasteiger charge is -2.12. The molecule has 21 heavy (non-hydrogen) atoms. The van der Waals surface area contributed by atoms with Crippen molar-refractivity contribution in [2.75, 3.05) is 14.2 Å². The van der Waals surface area contributed by atoms with Gasteiger partial charge in [-0.25, -0.2) is 8.78 Å². The minimum atomic E-state index is -1.08. The van der Waals surface area contributed by atoms with Crippen LogP contribution in [-0.2, 0) is 0 Å². The van der Waals surface area contributed by atoms with Crippen molar-refractivity contribution < 1.29 is 23.0 Å². The summed E-state index contributed by atoms with van der Waals surface area (Å²) in [5.74, 6) is -1.80. The van der Waals surface area contributed by atoms with E-state index in [1.165, 1.54) is 26.4 Å². The molecular formula is C15H11BrF2O3. The van der Waals surface area contributed by atoms with E-state index in [0.29, 0.717) is 10.2 Å². The van der Waals surface area contributed by atoms with Crippen LogP contribution in [0, 0.1) is 11.6 Å². The van der Waals surface area contributed by atoms with Crippen molar-refractivity contribution in [1.29, 1.82) is 0 Å². The molecule has 0 radical (unpaired) electrons. The quantitative estimate of drug-likeness (QED) is 0.777. The Bertz CT molecular complexity index is 702. The van der Waals surface area contributed by atoms with E-state index in [2.05, 4.69) is 15.9 Å². The molecule has 2 aromatic rings. The van der Waals surface area contributed by atoms with Crippen LogP contribution >= 0.6 is 15.9 Å². The number of hydrogen-bond acceptors (Lipinski definition) is 3. The van der Waals surface area contributed by atoms with E-state index in [9.17, 15) is 13.6 Å². The third-order valence-corrected chi connectivity index (χ3v) is 3.66. The Balaban J connectivity index is 2.52. The minimum Gasteiger partial charge on any atom is -0.495 e. The first-order chi connectivity index (χ1) is 9.99. The number of halogens is 3. The number of benzene rings is 2. The van der Waals surface area contributed by atoms with Crippen LogP contribution in [-0.4, -0.2) is 20.0 Å². The maximum absolute atomic E-state index is 13.2. The van der Waals surface area contributed by atoms with Crippen molar-refractivity contribution in [2.24, 2.45) is 0 Å². The molecule has 0 heterocycles. The standard InChI is InChI=1S/C15H11BrF2O3/c1-20-12-6-4-9(15(21-2)13(12)16)14(19)8-3-5-10(17)11(18)7-8/h3-7H,1-2H3. The summed E-state index contributed by atoms with van der Waals surface area (Å²) in [5.41, 5.74) is 0.250. The fraction of sp³-hybridized carbons (Fsp3) is 0.133. The van der Waals surface area contributed by atoms with Crippen LogP contribution < -0.4 is 9.47 Å². The van der Waals surface area contributed by atoms with Gasteiger partial charge < -0.3 is 9.47 Å². The van der Waals surface area contributed by atoms with Crippen molar-refractivity contribution in [3.05, 3.63) is 57.6 Å². The second-order valence-corrected chi connectivity index (χ2v) is 4.91. The zero-order valence-electron chi connectivity index (χ0n) is 11.2. The molecule has 0 saturated heterocycles. The Morgan fingerprint density at radius 2 is 1.76 bits per heavy atom. The molecule has 0 fully saturated rings. The molecular weight excluding hydrogens is 346 g/mol. The van der Waals surface area contributed by atoms with Crippen molar-refractivity contribution in [3.63, 3.8) is 0 Å². The molecule has 0 N–H and O–H groups in total. The summed E-state index contributed by atoms with van der Waals surface area (Å²) in [6, 6.07) is 6.08. The predicted octanol–water partition coefficient (Wildman–Crippen LogP) is 3.98. The molecule has 0 aliphatic carbocycles. The van der Waals surface area contributed by atoms with Gasteiger partial charge in [0.25, 0.3) is 0 Å². The number of carbonyl (C=O) groups excluding carboxylic acids is 1. The van der Waals surface area contributed by atoms with Crippen molar-refractivity contribution in [3.8, 4) is 11.5 Å². The van der Waals surface area contributed by atoms with Crippen LogP contribution in [0.2, 0.25) is 0 Å². The molecule has 0 aliphatic heterocycles. The second kappa shape index (κ2) is 6.22. The summed E-state index contributed by atoms with van der Waals surface area (Å²) in [7, 11) is 2.89. The summed E-state index contributed by atoms with van der Waals surface area (Å²) >= 11 is 3.28. The first-order valence-electron chi connectivity index (χ1n) is 5.89. The first kappa shape index (κ1) is 15.4. The topological polar surface area (TPSA) is 35.5 Å². The zero-order valence-corrected chi connectivity index (χ0v) is 12.8. The highest BCUT2D eigenvalue weighted by atomic mass is 79.9. The summed E-state index contributed by atoms with van der Waals surface area (Å²) in [5, 5.41) is 0. The van der Waals surface area contributed by atoms with E-state index in [4.69, 9.17) is 9.47 Å². The van der Waals surface area contributed by atoms with Crippen LogP contribution in [0.3, 0.4) is 0 Å². The van der Waals surface area contributed by atoms with Crippen LogP contribution in [0.4, 0.5) is 8.78 Å². The van der Waals surface area contributed by atoms with Gasteiger partial charge in [0.15, 0.2) is 17.4 Å². The van der Waals surface area contributed by atoms with E-state index < -0.39 is 17.4 Å². The summed E-state index contributed by atoms with van der Waals surface area (Å²) in [6.07, 6.45) is 0. The number of carbonyl (C=O) groups is 1. The molecule has 0 unspecified atom stereocenters. The van der Waals surface area contributed by atoms with E-state index in [1.807, 2.05) is 0 Å². The SMILES string of the molecule is COc1ccc(C(=O)c2ccc(F)c(F)c2)c(OC)c1Br. The van der Waals surface area contributed by atoms with Gasteiger partial charge >= 0.3 is 0 Å². The van der Waals surface area contributed by atoms with E-state index in [-0.39, 0.29) is 16.9 Å². The van der Waals surface area contributed by atoms with Crippen molar-refractivity contribution in [1.82, 2.24) is 0 Å². The lowest BCUT2D eigenvalue weighted by atomic mass is 10.0. The molecule has 0 atom stereocenters. The molecule has 2 aromatic carbocycles. The fourth-order valence-electron chi connectivity index (χ4n) is 1.87.